The van der Waals surface area contributed by atoms with Crippen molar-refractivity contribution in [2.45, 2.75) is 13.1 Å². The van der Waals surface area contributed by atoms with E-state index in [-0.39, 0.29) is 29.9 Å². The van der Waals surface area contributed by atoms with Gasteiger partial charge in [0.1, 0.15) is 5.76 Å². The van der Waals surface area contributed by atoms with Crippen LogP contribution in [0.1, 0.15) is 21.7 Å². The van der Waals surface area contributed by atoms with Crippen LogP contribution in [0, 0.1) is 0 Å². The predicted molar refractivity (Wildman–Crippen MR) is 101 cm³/mol. The van der Waals surface area contributed by atoms with Gasteiger partial charge in [-0.2, -0.15) is 0 Å². The van der Waals surface area contributed by atoms with E-state index in [1.165, 1.54) is 0 Å². The summed E-state index contributed by atoms with van der Waals surface area (Å²) in [6.07, 6.45) is 1.64. The summed E-state index contributed by atoms with van der Waals surface area (Å²) >= 11 is 0. The standard InChI is InChI=1S/C16H20N4O2.HI/c1-17-15(21)13-7-5-12(6-8-13)10-19-16(18-2)20-11-14-4-3-9-22-14;/h3-9H,10-11H2,1-2H3,(H,17,21)(H2,18,19,20);1H. The van der Waals surface area contributed by atoms with E-state index in [4.69, 9.17) is 4.42 Å². The molecular formula is C16H21IN4O2. The Morgan fingerprint density at radius 2 is 1.83 bits per heavy atom. The molecule has 7 heteroatoms. The largest absolute Gasteiger partial charge is 0.467 e. The molecule has 23 heavy (non-hydrogen) atoms. The van der Waals surface area contributed by atoms with Crippen LogP contribution in [0.5, 0.6) is 0 Å². The van der Waals surface area contributed by atoms with Crippen LogP contribution < -0.4 is 16.0 Å². The van der Waals surface area contributed by atoms with Gasteiger partial charge in [0.25, 0.3) is 5.91 Å². The van der Waals surface area contributed by atoms with E-state index in [9.17, 15) is 4.79 Å². The molecule has 1 amide bonds. The molecule has 2 rings (SSSR count). The fourth-order valence-electron chi connectivity index (χ4n) is 1.91. The lowest BCUT2D eigenvalue weighted by Crippen LogP contribution is -2.36. The quantitative estimate of drug-likeness (QED) is 0.388. The Morgan fingerprint density at radius 1 is 1.13 bits per heavy atom. The molecule has 1 heterocycles. The molecular weight excluding hydrogens is 407 g/mol. The Morgan fingerprint density at radius 3 is 2.39 bits per heavy atom. The molecule has 0 aliphatic rings. The number of furan rings is 1. The lowest BCUT2D eigenvalue weighted by atomic mass is 10.1. The maximum Gasteiger partial charge on any atom is 0.251 e. The molecule has 0 saturated heterocycles. The molecule has 0 atom stereocenters. The molecule has 1 aromatic heterocycles. The molecule has 124 valence electrons. The summed E-state index contributed by atoms with van der Waals surface area (Å²) < 4.78 is 5.25. The number of halogens is 1. The Kier molecular flexibility index (Phi) is 8.17. The average molecular weight is 428 g/mol. The van der Waals surface area contributed by atoms with Gasteiger partial charge in [-0.25, -0.2) is 0 Å². The first-order chi connectivity index (χ1) is 10.7. The molecule has 0 bridgehead atoms. The van der Waals surface area contributed by atoms with Crippen molar-refractivity contribution < 1.29 is 9.21 Å². The van der Waals surface area contributed by atoms with E-state index in [1.807, 2.05) is 24.3 Å². The minimum atomic E-state index is -0.0876. The van der Waals surface area contributed by atoms with Crippen molar-refractivity contribution in [2.24, 2.45) is 4.99 Å². The van der Waals surface area contributed by atoms with Crippen molar-refractivity contribution in [3.05, 3.63) is 59.5 Å². The van der Waals surface area contributed by atoms with Crippen molar-refractivity contribution in [1.82, 2.24) is 16.0 Å². The van der Waals surface area contributed by atoms with Crippen LogP contribution in [-0.2, 0) is 13.1 Å². The summed E-state index contributed by atoms with van der Waals surface area (Å²) in [7, 11) is 3.33. The average Bonchev–Trinajstić information content (AvgIpc) is 3.08. The molecule has 1 aromatic carbocycles. The van der Waals surface area contributed by atoms with Gasteiger partial charge in [-0.15, -0.1) is 24.0 Å². The van der Waals surface area contributed by atoms with Gasteiger partial charge in [-0.05, 0) is 29.8 Å². The lowest BCUT2D eigenvalue weighted by Gasteiger charge is -2.11. The number of hydrogen-bond acceptors (Lipinski definition) is 3. The lowest BCUT2D eigenvalue weighted by molar-refractivity contribution is 0.0963. The Hall–Kier alpha value is -2.03. The van der Waals surface area contributed by atoms with E-state index in [0.29, 0.717) is 24.6 Å². The van der Waals surface area contributed by atoms with Gasteiger partial charge < -0.3 is 20.4 Å². The van der Waals surface area contributed by atoms with Crippen LogP contribution in [0.4, 0.5) is 0 Å². The fourth-order valence-corrected chi connectivity index (χ4v) is 1.91. The molecule has 0 aliphatic heterocycles. The molecule has 2 aromatic rings. The minimum Gasteiger partial charge on any atom is -0.467 e. The van der Waals surface area contributed by atoms with Gasteiger partial charge in [0.2, 0.25) is 0 Å². The highest BCUT2D eigenvalue weighted by molar-refractivity contribution is 14.0. The zero-order valence-electron chi connectivity index (χ0n) is 13.1. The van der Waals surface area contributed by atoms with Crippen LogP contribution >= 0.6 is 24.0 Å². The van der Waals surface area contributed by atoms with Crippen LogP contribution in [-0.4, -0.2) is 26.0 Å². The molecule has 6 nitrogen and oxygen atoms in total. The first kappa shape index (κ1) is 19.0. The van der Waals surface area contributed by atoms with Crippen molar-refractivity contribution in [3.8, 4) is 0 Å². The van der Waals surface area contributed by atoms with E-state index in [0.717, 1.165) is 11.3 Å². The number of amides is 1. The summed E-state index contributed by atoms with van der Waals surface area (Å²) in [5, 5.41) is 8.97. The monoisotopic (exact) mass is 428 g/mol. The summed E-state index contributed by atoms with van der Waals surface area (Å²) in [5.41, 5.74) is 1.71. The highest BCUT2D eigenvalue weighted by Gasteiger charge is 2.03. The number of nitrogens with zero attached hydrogens (tertiary/aromatic N) is 1. The van der Waals surface area contributed by atoms with Gasteiger partial charge in [0.15, 0.2) is 5.96 Å². The molecule has 0 radical (unpaired) electrons. The number of rotatable bonds is 5. The van der Waals surface area contributed by atoms with Crippen LogP contribution in [0.3, 0.4) is 0 Å². The number of hydrogen-bond donors (Lipinski definition) is 3. The number of aliphatic imine (C=N–C) groups is 1. The highest BCUT2D eigenvalue weighted by atomic mass is 127. The van der Waals surface area contributed by atoms with Crippen molar-refractivity contribution in [2.75, 3.05) is 14.1 Å². The number of benzene rings is 1. The Bertz CT molecular complexity index is 624. The maximum absolute atomic E-state index is 11.5. The summed E-state index contributed by atoms with van der Waals surface area (Å²) in [5.74, 6) is 1.44. The topological polar surface area (TPSA) is 78.7 Å². The zero-order chi connectivity index (χ0) is 15.8. The van der Waals surface area contributed by atoms with E-state index in [1.54, 1.807) is 32.5 Å². The normalized spacial score (nSPS) is 10.6. The predicted octanol–water partition coefficient (Wildman–Crippen LogP) is 2.12. The summed E-state index contributed by atoms with van der Waals surface area (Å²) in [6.45, 7) is 1.19. The molecule has 0 spiro atoms. The van der Waals surface area contributed by atoms with E-state index in [2.05, 4.69) is 20.9 Å². The number of carbonyl (C=O) groups is 1. The Balaban J connectivity index is 0.00000264. The maximum atomic E-state index is 11.5. The van der Waals surface area contributed by atoms with Crippen LogP contribution in [0.2, 0.25) is 0 Å². The fraction of sp³-hybridized carbons (Fsp3) is 0.250. The molecule has 0 fully saturated rings. The van der Waals surface area contributed by atoms with Crippen molar-refractivity contribution in [1.29, 1.82) is 0 Å². The second-order valence-electron chi connectivity index (χ2n) is 4.63. The second kappa shape index (κ2) is 9.88. The number of nitrogens with one attached hydrogen (secondary N) is 3. The third kappa shape index (κ3) is 5.93. The zero-order valence-corrected chi connectivity index (χ0v) is 15.5. The van der Waals surface area contributed by atoms with Gasteiger partial charge in [-0.3, -0.25) is 9.79 Å². The third-order valence-electron chi connectivity index (χ3n) is 3.14. The van der Waals surface area contributed by atoms with Gasteiger partial charge in [0, 0.05) is 26.2 Å². The molecule has 0 aliphatic carbocycles. The number of guanidine groups is 1. The summed E-state index contributed by atoms with van der Waals surface area (Å²) in [4.78, 5) is 15.6. The van der Waals surface area contributed by atoms with Gasteiger partial charge >= 0.3 is 0 Å². The minimum absolute atomic E-state index is 0. The molecule has 0 unspecified atom stereocenters. The second-order valence-corrected chi connectivity index (χ2v) is 4.63. The van der Waals surface area contributed by atoms with E-state index < -0.39 is 0 Å². The van der Waals surface area contributed by atoms with E-state index >= 15 is 0 Å². The summed E-state index contributed by atoms with van der Waals surface area (Å²) in [6, 6.07) is 11.2. The highest BCUT2D eigenvalue weighted by Crippen LogP contribution is 2.04. The smallest absolute Gasteiger partial charge is 0.251 e. The first-order valence-electron chi connectivity index (χ1n) is 7.01. The molecule has 0 saturated carbocycles. The number of carbonyl (C=O) groups excluding carboxylic acids is 1. The third-order valence-corrected chi connectivity index (χ3v) is 3.14. The van der Waals surface area contributed by atoms with Crippen LogP contribution in [0.25, 0.3) is 0 Å². The molecule has 3 N–H and O–H groups in total. The van der Waals surface area contributed by atoms with Crippen molar-refractivity contribution in [3.63, 3.8) is 0 Å². The SMILES string of the molecule is CN=C(NCc1ccc(C(=O)NC)cc1)NCc1ccco1.I. The van der Waals surface area contributed by atoms with Gasteiger partial charge in [0.05, 0.1) is 12.8 Å². The van der Waals surface area contributed by atoms with Crippen LogP contribution in [0.15, 0.2) is 52.1 Å². The Labute approximate surface area is 152 Å². The van der Waals surface area contributed by atoms with Gasteiger partial charge in [-0.1, -0.05) is 12.1 Å². The first-order valence-corrected chi connectivity index (χ1v) is 7.01. The van der Waals surface area contributed by atoms with Crippen molar-refractivity contribution >= 4 is 35.8 Å².